The summed E-state index contributed by atoms with van der Waals surface area (Å²) in [6.45, 7) is 5.61. The molecule has 0 saturated carbocycles. The van der Waals surface area contributed by atoms with E-state index in [-0.39, 0.29) is 0 Å². The topological polar surface area (TPSA) is 61.8 Å². The van der Waals surface area contributed by atoms with Crippen LogP contribution in [0.4, 0.5) is 0 Å². The van der Waals surface area contributed by atoms with E-state index in [0.29, 0.717) is 5.56 Å². The van der Waals surface area contributed by atoms with Crippen LogP contribution in [0.3, 0.4) is 0 Å². The van der Waals surface area contributed by atoms with E-state index in [1.54, 1.807) is 31.5 Å². The Hall–Kier alpha value is -2.12. The number of aliphatic hydroxyl groups is 1. The maximum Gasteiger partial charge on any atom is 0.0997 e. The van der Waals surface area contributed by atoms with Crippen molar-refractivity contribution in [3.8, 4) is 11.8 Å². The number of benzene rings is 1. The fourth-order valence-electron chi connectivity index (χ4n) is 1.92. The predicted octanol–water partition coefficient (Wildman–Crippen LogP) is 2.41. The second kappa shape index (κ2) is 4.63. The smallest absolute Gasteiger partial charge is 0.0997 e. The highest BCUT2D eigenvalue weighted by molar-refractivity contribution is 5.49. The molecule has 1 aromatic heterocycles. The second-order valence-corrected chi connectivity index (χ2v) is 4.35. The Kier molecular flexibility index (Phi) is 3.17. The maximum atomic E-state index is 9.81. The average molecular weight is 241 g/mol. The van der Waals surface area contributed by atoms with E-state index in [1.165, 1.54) is 0 Å². The van der Waals surface area contributed by atoms with Gasteiger partial charge in [0.15, 0.2) is 0 Å². The van der Waals surface area contributed by atoms with Gasteiger partial charge in [-0.1, -0.05) is 6.07 Å². The van der Waals surface area contributed by atoms with Crippen LogP contribution in [0.1, 0.15) is 35.5 Å². The van der Waals surface area contributed by atoms with Gasteiger partial charge in [-0.2, -0.15) is 5.26 Å². The molecule has 0 unspecified atom stereocenters. The number of hydrogen-bond donors (Lipinski definition) is 1. The minimum atomic E-state index is -0.588. The third-order valence-corrected chi connectivity index (χ3v) is 3.12. The lowest BCUT2D eigenvalue weighted by Gasteiger charge is -2.14. The van der Waals surface area contributed by atoms with Gasteiger partial charge in [-0.25, -0.2) is 4.98 Å². The van der Waals surface area contributed by atoms with Crippen molar-refractivity contribution in [3.63, 3.8) is 0 Å². The first kappa shape index (κ1) is 12.3. The average Bonchev–Trinajstić information content (AvgIpc) is 2.69. The van der Waals surface area contributed by atoms with Crippen LogP contribution >= 0.6 is 0 Å². The third kappa shape index (κ3) is 2.01. The van der Waals surface area contributed by atoms with Crippen molar-refractivity contribution in [1.29, 1.82) is 5.26 Å². The summed E-state index contributed by atoms with van der Waals surface area (Å²) >= 11 is 0. The lowest BCUT2D eigenvalue weighted by molar-refractivity contribution is 0.199. The molecule has 1 atom stereocenters. The van der Waals surface area contributed by atoms with Crippen molar-refractivity contribution in [2.24, 2.45) is 0 Å². The van der Waals surface area contributed by atoms with Gasteiger partial charge in [0.2, 0.25) is 0 Å². The highest BCUT2D eigenvalue weighted by Crippen LogP contribution is 2.24. The molecule has 0 aliphatic heterocycles. The van der Waals surface area contributed by atoms with E-state index in [1.807, 2.05) is 18.4 Å². The molecule has 0 saturated heterocycles. The summed E-state index contributed by atoms with van der Waals surface area (Å²) in [5.41, 5.74) is 4.11. The second-order valence-electron chi connectivity index (χ2n) is 4.35. The van der Waals surface area contributed by atoms with Crippen LogP contribution in [-0.2, 0) is 0 Å². The van der Waals surface area contributed by atoms with Crippen LogP contribution in [0.2, 0.25) is 0 Å². The summed E-state index contributed by atoms with van der Waals surface area (Å²) < 4.78 is 1.90. The Bertz CT molecular complexity index is 620. The minimum absolute atomic E-state index is 0.570. The van der Waals surface area contributed by atoms with E-state index in [0.717, 1.165) is 22.6 Å². The Balaban J connectivity index is 2.68. The summed E-state index contributed by atoms with van der Waals surface area (Å²) in [6.07, 6.45) is 1.13. The van der Waals surface area contributed by atoms with Crippen LogP contribution in [0.15, 0.2) is 24.5 Å². The quantitative estimate of drug-likeness (QED) is 0.878. The van der Waals surface area contributed by atoms with Gasteiger partial charge in [0.1, 0.15) is 0 Å². The van der Waals surface area contributed by atoms with Crippen LogP contribution in [-0.4, -0.2) is 14.7 Å². The highest BCUT2D eigenvalue weighted by atomic mass is 16.3. The van der Waals surface area contributed by atoms with Crippen molar-refractivity contribution < 1.29 is 5.11 Å². The molecule has 1 heterocycles. The summed E-state index contributed by atoms with van der Waals surface area (Å²) in [6, 6.07) is 7.39. The Labute approximate surface area is 106 Å². The summed E-state index contributed by atoms with van der Waals surface area (Å²) in [5.74, 6) is 0. The lowest BCUT2D eigenvalue weighted by Crippen LogP contribution is -2.04. The molecule has 92 valence electrons. The van der Waals surface area contributed by atoms with Gasteiger partial charge in [0.05, 0.1) is 35.4 Å². The molecule has 1 aromatic carbocycles. The molecule has 0 aliphatic rings. The fraction of sp³-hybridized carbons (Fsp3) is 0.286. The van der Waals surface area contributed by atoms with Crippen molar-refractivity contribution >= 4 is 0 Å². The van der Waals surface area contributed by atoms with Crippen molar-refractivity contribution in [2.45, 2.75) is 26.9 Å². The van der Waals surface area contributed by atoms with Gasteiger partial charge in [-0.3, -0.25) is 0 Å². The normalized spacial score (nSPS) is 12.2. The maximum absolute atomic E-state index is 9.81. The largest absolute Gasteiger partial charge is 0.389 e. The first-order chi connectivity index (χ1) is 8.54. The number of imidazole rings is 1. The van der Waals surface area contributed by atoms with E-state index in [4.69, 9.17) is 5.26 Å². The van der Waals surface area contributed by atoms with Gasteiger partial charge >= 0.3 is 0 Å². The molecular formula is C14H15N3O. The molecule has 0 amide bonds. The van der Waals surface area contributed by atoms with Crippen LogP contribution in [0, 0.1) is 25.2 Å². The molecule has 18 heavy (non-hydrogen) atoms. The Morgan fingerprint density at radius 3 is 2.61 bits per heavy atom. The molecule has 0 radical (unpaired) electrons. The van der Waals surface area contributed by atoms with E-state index in [9.17, 15) is 5.11 Å². The SMILES string of the molecule is Cc1ncn(-c2cc(C#N)ccc2[C@H](C)O)c1C. The number of nitrogens with zero attached hydrogens (tertiary/aromatic N) is 3. The third-order valence-electron chi connectivity index (χ3n) is 3.12. The number of nitriles is 1. The summed E-state index contributed by atoms with van der Waals surface area (Å²) in [7, 11) is 0. The van der Waals surface area contributed by atoms with Crippen molar-refractivity contribution in [2.75, 3.05) is 0 Å². The lowest BCUT2D eigenvalue weighted by atomic mass is 10.0. The first-order valence-corrected chi connectivity index (χ1v) is 5.77. The van der Waals surface area contributed by atoms with Gasteiger partial charge < -0.3 is 9.67 Å². The molecule has 4 heteroatoms. The van der Waals surface area contributed by atoms with E-state index >= 15 is 0 Å². The molecule has 0 spiro atoms. The first-order valence-electron chi connectivity index (χ1n) is 5.77. The number of aromatic nitrogens is 2. The summed E-state index contributed by atoms with van der Waals surface area (Å²) in [4.78, 5) is 4.25. The van der Waals surface area contributed by atoms with Gasteiger partial charge in [-0.15, -0.1) is 0 Å². The number of rotatable bonds is 2. The zero-order valence-electron chi connectivity index (χ0n) is 10.7. The molecule has 2 rings (SSSR count). The monoisotopic (exact) mass is 241 g/mol. The van der Waals surface area contributed by atoms with E-state index < -0.39 is 6.10 Å². The Morgan fingerprint density at radius 2 is 2.11 bits per heavy atom. The molecule has 2 aromatic rings. The molecule has 0 fully saturated rings. The van der Waals surface area contributed by atoms with Crippen LogP contribution in [0.5, 0.6) is 0 Å². The molecular weight excluding hydrogens is 226 g/mol. The Morgan fingerprint density at radius 1 is 1.39 bits per heavy atom. The van der Waals surface area contributed by atoms with Crippen LogP contribution < -0.4 is 0 Å². The van der Waals surface area contributed by atoms with Gasteiger partial charge in [0, 0.05) is 11.3 Å². The number of aliphatic hydroxyl groups excluding tert-OH is 1. The molecule has 1 N–H and O–H groups in total. The van der Waals surface area contributed by atoms with Gasteiger partial charge in [-0.05, 0) is 32.9 Å². The number of hydrogen-bond acceptors (Lipinski definition) is 3. The standard InChI is InChI=1S/C14H15N3O/c1-9-10(2)17(8-16-9)14-6-12(7-15)4-5-13(14)11(3)18/h4-6,8,11,18H,1-3H3/t11-/m0/s1. The van der Waals surface area contributed by atoms with Crippen molar-refractivity contribution in [3.05, 3.63) is 47.0 Å². The van der Waals surface area contributed by atoms with Crippen molar-refractivity contribution in [1.82, 2.24) is 9.55 Å². The fourth-order valence-corrected chi connectivity index (χ4v) is 1.92. The minimum Gasteiger partial charge on any atom is -0.389 e. The predicted molar refractivity (Wildman–Crippen MR) is 68.4 cm³/mol. The van der Waals surface area contributed by atoms with Crippen LogP contribution in [0.25, 0.3) is 5.69 Å². The molecule has 0 aliphatic carbocycles. The van der Waals surface area contributed by atoms with Gasteiger partial charge in [0.25, 0.3) is 0 Å². The highest BCUT2D eigenvalue weighted by Gasteiger charge is 2.13. The van der Waals surface area contributed by atoms with E-state index in [2.05, 4.69) is 11.1 Å². The zero-order valence-corrected chi connectivity index (χ0v) is 10.7. The zero-order chi connectivity index (χ0) is 13.3. The molecule has 4 nitrogen and oxygen atoms in total. The molecule has 0 bridgehead atoms. The number of aryl methyl sites for hydroxylation is 1. The summed E-state index contributed by atoms with van der Waals surface area (Å²) in [5, 5.41) is 18.8.